The van der Waals surface area contributed by atoms with Gasteiger partial charge in [0.2, 0.25) is 0 Å². The first kappa shape index (κ1) is 11.9. The molecule has 0 atom stereocenters. The van der Waals surface area contributed by atoms with Crippen molar-refractivity contribution in [3.63, 3.8) is 0 Å². The van der Waals surface area contributed by atoms with Crippen LogP contribution in [0.3, 0.4) is 0 Å². The minimum atomic E-state index is 0.959. The quantitative estimate of drug-likeness (QED) is 0.353. The molecule has 0 saturated carbocycles. The van der Waals surface area contributed by atoms with Crippen molar-refractivity contribution in [3.8, 4) is 0 Å². The normalized spacial score (nSPS) is 12.0. The van der Waals surface area contributed by atoms with E-state index in [2.05, 4.69) is 33.4 Å². The van der Waals surface area contributed by atoms with Crippen molar-refractivity contribution >= 4 is 0 Å². The second kappa shape index (κ2) is 6.44. The Balaban J connectivity index is 3.33. The molecule has 0 amide bonds. The van der Waals surface area contributed by atoms with Crippen LogP contribution in [0.5, 0.6) is 0 Å². The lowest BCUT2D eigenvalue weighted by molar-refractivity contribution is -0.934. The molecule has 0 aromatic rings. The molecular weight excluding hydrogens is 148 g/mol. The van der Waals surface area contributed by atoms with E-state index in [0.717, 1.165) is 11.1 Å². The molecule has 12 heavy (non-hydrogen) atoms. The zero-order valence-corrected chi connectivity index (χ0v) is 9.19. The van der Waals surface area contributed by atoms with E-state index in [-0.39, 0.29) is 0 Å². The van der Waals surface area contributed by atoms with E-state index in [1.54, 1.807) is 0 Å². The maximum atomic E-state index is 3.53. The van der Waals surface area contributed by atoms with Gasteiger partial charge in [0.25, 0.3) is 0 Å². The molecule has 0 heterocycles. The number of nitrogens with one attached hydrogen (secondary N) is 1. The molecule has 0 aliphatic rings. The van der Waals surface area contributed by atoms with Gasteiger partial charge in [-0.15, -0.1) is 0 Å². The summed E-state index contributed by atoms with van der Waals surface area (Å²) in [4.78, 5) is 0. The molecule has 0 aliphatic heterocycles. The van der Waals surface area contributed by atoms with Gasteiger partial charge in [-0.25, -0.2) is 0 Å². The number of unbranched alkanes of at least 4 members (excludes halogenated alkanes) is 2. The first-order chi connectivity index (χ1) is 5.62. The highest BCUT2D eigenvalue weighted by Gasteiger charge is 2.11. The molecule has 0 saturated heterocycles. The Hall–Kier alpha value is -0.0800. The number of hydrogen-bond donors (Lipinski definition) is 1. The summed E-state index contributed by atoms with van der Waals surface area (Å²) in [5.41, 5.74) is 3.53. The van der Waals surface area contributed by atoms with Crippen LogP contribution in [-0.4, -0.2) is 31.8 Å². The Bertz CT molecular complexity index is 100. The fourth-order valence-electron chi connectivity index (χ4n) is 1.39. The summed E-state index contributed by atoms with van der Waals surface area (Å²) in [5, 5.41) is 0. The summed E-state index contributed by atoms with van der Waals surface area (Å²) >= 11 is 0. The third-order valence-electron chi connectivity index (χ3n) is 2.10. The Morgan fingerprint density at radius 2 is 1.67 bits per heavy atom. The maximum Gasteiger partial charge on any atom is 0.0955 e. The van der Waals surface area contributed by atoms with E-state index in [9.17, 15) is 0 Å². The van der Waals surface area contributed by atoms with Gasteiger partial charge in [-0.3, -0.25) is 4.59 Å². The lowest BCUT2D eigenvalue weighted by atomic mass is 10.2. The average molecular weight is 173 g/mol. The fraction of sp³-hybridized carbons (Fsp3) is 1.00. The van der Waals surface area contributed by atoms with Crippen LogP contribution in [0, 0.1) is 0 Å². The highest BCUT2D eigenvalue weighted by Crippen LogP contribution is 1.96. The van der Waals surface area contributed by atoms with Gasteiger partial charge in [-0.05, 0) is 12.8 Å². The number of rotatable bonds is 7. The van der Waals surface area contributed by atoms with E-state index >= 15 is 0 Å². The number of nitrogens with zero attached hydrogens (tertiary/aromatic N) is 1. The average Bonchev–Trinajstić information content (AvgIpc) is 1.98. The van der Waals surface area contributed by atoms with Gasteiger partial charge < -0.3 is 0 Å². The van der Waals surface area contributed by atoms with Gasteiger partial charge >= 0.3 is 0 Å². The molecule has 0 radical (unpaired) electrons. The predicted molar refractivity (Wildman–Crippen MR) is 54.8 cm³/mol. The fourth-order valence-corrected chi connectivity index (χ4v) is 1.39. The van der Waals surface area contributed by atoms with Crippen molar-refractivity contribution in [2.75, 3.05) is 27.2 Å². The predicted octanol–water partition coefficient (Wildman–Crippen LogP) is 2.17. The van der Waals surface area contributed by atoms with E-state index in [0.29, 0.717) is 0 Å². The molecule has 1 N–H and O–H groups in total. The van der Waals surface area contributed by atoms with E-state index in [1.807, 2.05) is 0 Å². The lowest BCUT2D eigenvalue weighted by Crippen LogP contribution is -2.52. The number of quaternary nitrogens is 1. The Labute approximate surface area is 77.5 Å². The van der Waals surface area contributed by atoms with Crippen LogP contribution in [0.4, 0.5) is 0 Å². The summed E-state index contributed by atoms with van der Waals surface area (Å²) in [5.74, 6) is 0. The largest absolute Gasteiger partial charge is 0.251 e. The minimum absolute atomic E-state index is 0.959. The molecule has 2 heteroatoms. The Kier molecular flexibility index (Phi) is 6.39. The second-order valence-electron chi connectivity index (χ2n) is 4.02. The van der Waals surface area contributed by atoms with Crippen LogP contribution in [0.1, 0.15) is 39.5 Å². The van der Waals surface area contributed by atoms with Crippen molar-refractivity contribution in [1.29, 1.82) is 0 Å². The van der Waals surface area contributed by atoms with Gasteiger partial charge in [-0.1, -0.05) is 26.7 Å². The van der Waals surface area contributed by atoms with Crippen molar-refractivity contribution < 1.29 is 4.59 Å². The SMILES string of the molecule is CCCCCN[N+](C)(C)CCC. The summed E-state index contributed by atoms with van der Waals surface area (Å²) in [7, 11) is 4.46. The van der Waals surface area contributed by atoms with Crippen molar-refractivity contribution in [3.05, 3.63) is 0 Å². The van der Waals surface area contributed by atoms with Gasteiger partial charge in [0.15, 0.2) is 0 Å². The van der Waals surface area contributed by atoms with E-state index in [1.165, 1.54) is 32.2 Å². The summed E-state index contributed by atoms with van der Waals surface area (Å²) in [6.45, 7) is 6.84. The van der Waals surface area contributed by atoms with Gasteiger partial charge in [0.05, 0.1) is 20.6 Å². The van der Waals surface area contributed by atoms with Crippen molar-refractivity contribution in [2.24, 2.45) is 0 Å². The molecule has 0 spiro atoms. The molecule has 0 unspecified atom stereocenters. The van der Waals surface area contributed by atoms with Crippen LogP contribution in [0.2, 0.25) is 0 Å². The van der Waals surface area contributed by atoms with Crippen molar-refractivity contribution in [2.45, 2.75) is 39.5 Å². The zero-order chi connectivity index (χ0) is 9.45. The molecule has 0 rings (SSSR count). The molecule has 74 valence electrons. The first-order valence-corrected chi connectivity index (χ1v) is 5.20. The van der Waals surface area contributed by atoms with E-state index in [4.69, 9.17) is 0 Å². The molecule has 0 aromatic heterocycles. The van der Waals surface area contributed by atoms with Crippen LogP contribution in [0.25, 0.3) is 0 Å². The lowest BCUT2D eigenvalue weighted by Gasteiger charge is -2.29. The Morgan fingerprint density at radius 1 is 1.00 bits per heavy atom. The topological polar surface area (TPSA) is 12.0 Å². The zero-order valence-electron chi connectivity index (χ0n) is 9.19. The highest BCUT2D eigenvalue weighted by molar-refractivity contribution is 4.38. The van der Waals surface area contributed by atoms with Crippen LogP contribution < -0.4 is 5.43 Å². The third-order valence-corrected chi connectivity index (χ3v) is 2.10. The minimum Gasteiger partial charge on any atom is -0.251 e. The summed E-state index contributed by atoms with van der Waals surface area (Å²) < 4.78 is 0.959. The monoisotopic (exact) mass is 173 g/mol. The Morgan fingerprint density at radius 3 is 2.17 bits per heavy atom. The van der Waals surface area contributed by atoms with Gasteiger partial charge in [0.1, 0.15) is 0 Å². The second-order valence-corrected chi connectivity index (χ2v) is 4.02. The van der Waals surface area contributed by atoms with Gasteiger partial charge in [-0.2, -0.15) is 5.43 Å². The third kappa shape index (κ3) is 6.62. The number of hydrogen-bond acceptors (Lipinski definition) is 1. The summed E-state index contributed by atoms with van der Waals surface area (Å²) in [6, 6.07) is 0. The molecule has 0 fully saturated rings. The molecule has 2 nitrogen and oxygen atoms in total. The van der Waals surface area contributed by atoms with Crippen LogP contribution >= 0.6 is 0 Å². The van der Waals surface area contributed by atoms with Gasteiger partial charge in [0, 0.05) is 6.54 Å². The van der Waals surface area contributed by atoms with Crippen LogP contribution in [-0.2, 0) is 0 Å². The first-order valence-electron chi connectivity index (χ1n) is 5.20. The maximum absolute atomic E-state index is 3.53. The molecule has 0 bridgehead atoms. The highest BCUT2D eigenvalue weighted by atomic mass is 15.6. The van der Waals surface area contributed by atoms with E-state index < -0.39 is 0 Å². The smallest absolute Gasteiger partial charge is 0.0955 e. The summed E-state index contributed by atoms with van der Waals surface area (Å²) in [6.07, 6.45) is 5.21. The standard InChI is InChI=1S/C10H25N2/c1-5-7-8-9-11-12(3,4)10-6-2/h11H,5-10H2,1-4H3/q+1. The van der Waals surface area contributed by atoms with Crippen molar-refractivity contribution in [1.82, 2.24) is 5.43 Å². The van der Waals surface area contributed by atoms with Crippen LogP contribution in [0.15, 0.2) is 0 Å². The molecule has 0 aromatic carbocycles. The molecular formula is C10H25N2+. The molecule has 0 aliphatic carbocycles.